The van der Waals surface area contributed by atoms with Crippen molar-refractivity contribution in [2.75, 3.05) is 20.3 Å². The summed E-state index contributed by atoms with van der Waals surface area (Å²) in [6, 6.07) is 5.69. The summed E-state index contributed by atoms with van der Waals surface area (Å²) in [4.78, 5) is 0. The summed E-state index contributed by atoms with van der Waals surface area (Å²) >= 11 is 3.48. The lowest BCUT2D eigenvalue weighted by Gasteiger charge is -2.27. The molecule has 1 N–H and O–H groups in total. The molecule has 0 aromatic heterocycles. The van der Waals surface area contributed by atoms with Crippen molar-refractivity contribution >= 4 is 15.9 Å². The first-order chi connectivity index (χ1) is 8.22. The largest absolute Gasteiger partial charge is 0.497 e. The average Bonchev–Trinajstić information content (AvgIpc) is 2.39. The zero-order valence-electron chi connectivity index (χ0n) is 9.86. The SMILES string of the molecule is COc1ccc(Br)c(C(O)C2CCOCC2)c1. The van der Waals surface area contributed by atoms with Gasteiger partial charge in [-0.15, -0.1) is 0 Å². The monoisotopic (exact) mass is 300 g/mol. The van der Waals surface area contributed by atoms with Gasteiger partial charge in [0.2, 0.25) is 0 Å². The molecule has 3 nitrogen and oxygen atoms in total. The van der Waals surface area contributed by atoms with Crippen LogP contribution in [-0.2, 0) is 4.74 Å². The van der Waals surface area contributed by atoms with E-state index in [1.54, 1.807) is 7.11 Å². The third kappa shape index (κ3) is 3.00. The highest BCUT2D eigenvalue weighted by Crippen LogP contribution is 2.35. The molecule has 4 heteroatoms. The number of benzene rings is 1. The van der Waals surface area contributed by atoms with Crippen LogP contribution >= 0.6 is 15.9 Å². The predicted molar refractivity (Wildman–Crippen MR) is 69.2 cm³/mol. The van der Waals surface area contributed by atoms with Crippen LogP contribution in [0, 0.1) is 5.92 Å². The van der Waals surface area contributed by atoms with Crippen molar-refractivity contribution in [3.05, 3.63) is 28.2 Å². The smallest absolute Gasteiger partial charge is 0.119 e. The molecule has 17 heavy (non-hydrogen) atoms. The summed E-state index contributed by atoms with van der Waals surface area (Å²) in [6.07, 6.45) is 1.36. The van der Waals surface area contributed by atoms with Crippen LogP contribution in [0.3, 0.4) is 0 Å². The Balaban J connectivity index is 2.19. The second kappa shape index (κ2) is 5.85. The van der Waals surface area contributed by atoms with Gasteiger partial charge in [0.15, 0.2) is 0 Å². The maximum Gasteiger partial charge on any atom is 0.119 e. The zero-order valence-corrected chi connectivity index (χ0v) is 11.4. The normalized spacial score (nSPS) is 19.0. The minimum Gasteiger partial charge on any atom is -0.497 e. The van der Waals surface area contributed by atoms with E-state index in [2.05, 4.69) is 15.9 Å². The molecule has 0 aliphatic carbocycles. The van der Waals surface area contributed by atoms with Crippen LogP contribution < -0.4 is 4.74 Å². The molecule has 1 aromatic carbocycles. The van der Waals surface area contributed by atoms with Crippen LogP contribution in [0.2, 0.25) is 0 Å². The lowest BCUT2D eigenvalue weighted by atomic mass is 9.89. The maximum atomic E-state index is 10.4. The quantitative estimate of drug-likeness (QED) is 0.933. The topological polar surface area (TPSA) is 38.7 Å². The van der Waals surface area contributed by atoms with Crippen molar-refractivity contribution in [3.8, 4) is 5.75 Å². The van der Waals surface area contributed by atoms with Gasteiger partial charge in [0.25, 0.3) is 0 Å². The number of hydrogen-bond donors (Lipinski definition) is 1. The first kappa shape index (κ1) is 12.9. The van der Waals surface area contributed by atoms with Crippen LogP contribution in [0.4, 0.5) is 0 Å². The van der Waals surface area contributed by atoms with E-state index in [1.165, 1.54) is 0 Å². The Morgan fingerprint density at radius 2 is 2.12 bits per heavy atom. The maximum absolute atomic E-state index is 10.4. The van der Waals surface area contributed by atoms with Crippen LogP contribution in [0.15, 0.2) is 22.7 Å². The Morgan fingerprint density at radius 3 is 2.76 bits per heavy atom. The summed E-state index contributed by atoms with van der Waals surface area (Å²) < 4.78 is 11.4. The second-order valence-corrected chi connectivity index (χ2v) is 5.14. The third-order valence-electron chi connectivity index (χ3n) is 3.23. The Bertz CT molecular complexity index is 375. The predicted octanol–water partition coefficient (Wildman–Crippen LogP) is 2.92. The molecule has 1 aliphatic heterocycles. The van der Waals surface area contributed by atoms with Crippen LogP contribution in [0.1, 0.15) is 24.5 Å². The van der Waals surface area contributed by atoms with E-state index in [0.29, 0.717) is 0 Å². The first-order valence-electron chi connectivity index (χ1n) is 5.81. The van der Waals surface area contributed by atoms with Gasteiger partial charge in [-0.1, -0.05) is 15.9 Å². The number of halogens is 1. The minimum atomic E-state index is -0.455. The number of rotatable bonds is 3. The zero-order chi connectivity index (χ0) is 12.3. The van der Waals surface area contributed by atoms with Gasteiger partial charge in [0.1, 0.15) is 5.75 Å². The number of aliphatic hydroxyl groups excluding tert-OH is 1. The number of ether oxygens (including phenoxy) is 2. The summed E-state index contributed by atoms with van der Waals surface area (Å²) in [5.74, 6) is 1.04. The van der Waals surface area contributed by atoms with Crippen molar-refractivity contribution in [2.24, 2.45) is 5.92 Å². The Hall–Kier alpha value is -0.580. The molecule has 1 aromatic rings. The van der Waals surface area contributed by atoms with Crippen molar-refractivity contribution in [3.63, 3.8) is 0 Å². The van der Waals surface area contributed by atoms with Gasteiger partial charge in [-0.05, 0) is 42.5 Å². The lowest BCUT2D eigenvalue weighted by Crippen LogP contribution is -2.22. The van der Waals surface area contributed by atoms with Gasteiger partial charge in [-0.3, -0.25) is 0 Å². The van der Waals surface area contributed by atoms with E-state index >= 15 is 0 Å². The van der Waals surface area contributed by atoms with Crippen molar-refractivity contribution in [2.45, 2.75) is 18.9 Å². The van der Waals surface area contributed by atoms with Crippen LogP contribution in [-0.4, -0.2) is 25.4 Å². The highest BCUT2D eigenvalue weighted by molar-refractivity contribution is 9.10. The van der Waals surface area contributed by atoms with Crippen molar-refractivity contribution in [1.82, 2.24) is 0 Å². The van der Waals surface area contributed by atoms with E-state index in [1.807, 2.05) is 18.2 Å². The average molecular weight is 301 g/mol. The minimum absolute atomic E-state index is 0.271. The fourth-order valence-corrected chi connectivity index (χ4v) is 2.64. The Labute approximate surface area is 110 Å². The lowest BCUT2D eigenvalue weighted by molar-refractivity contribution is 0.00686. The molecule has 0 radical (unpaired) electrons. The summed E-state index contributed by atoms with van der Waals surface area (Å²) in [6.45, 7) is 1.48. The summed E-state index contributed by atoms with van der Waals surface area (Å²) in [5, 5.41) is 10.4. The van der Waals surface area contributed by atoms with Gasteiger partial charge in [-0.25, -0.2) is 0 Å². The molecular formula is C13H17BrO3. The molecule has 0 saturated carbocycles. The first-order valence-corrected chi connectivity index (χ1v) is 6.61. The molecule has 1 atom stereocenters. The number of aliphatic hydroxyl groups is 1. The van der Waals surface area contributed by atoms with E-state index in [9.17, 15) is 5.11 Å². The molecule has 0 bridgehead atoms. The molecule has 1 unspecified atom stereocenters. The highest BCUT2D eigenvalue weighted by Gasteiger charge is 2.25. The Morgan fingerprint density at radius 1 is 1.41 bits per heavy atom. The molecule has 2 rings (SSSR count). The van der Waals surface area contributed by atoms with E-state index in [-0.39, 0.29) is 5.92 Å². The van der Waals surface area contributed by atoms with Gasteiger partial charge in [0, 0.05) is 17.7 Å². The van der Waals surface area contributed by atoms with Gasteiger partial charge in [0.05, 0.1) is 13.2 Å². The van der Waals surface area contributed by atoms with E-state index < -0.39 is 6.10 Å². The van der Waals surface area contributed by atoms with Gasteiger partial charge < -0.3 is 14.6 Å². The summed E-state index contributed by atoms with van der Waals surface area (Å²) in [5.41, 5.74) is 0.899. The highest BCUT2D eigenvalue weighted by atomic mass is 79.9. The molecule has 0 amide bonds. The molecule has 94 valence electrons. The Kier molecular flexibility index (Phi) is 4.42. The van der Waals surface area contributed by atoms with Crippen LogP contribution in [0.5, 0.6) is 5.75 Å². The fraction of sp³-hybridized carbons (Fsp3) is 0.538. The van der Waals surface area contributed by atoms with Crippen molar-refractivity contribution in [1.29, 1.82) is 0 Å². The fourth-order valence-electron chi connectivity index (χ4n) is 2.16. The molecule has 1 fully saturated rings. The standard InChI is InChI=1S/C13H17BrO3/c1-16-10-2-3-12(14)11(8-10)13(15)9-4-6-17-7-5-9/h2-3,8-9,13,15H,4-7H2,1H3. The molecular weight excluding hydrogens is 284 g/mol. The van der Waals surface area contributed by atoms with Gasteiger partial charge in [-0.2, -0.15) is 0 Å². The molecule has 1 aliphatic rings. The molecule has 0 spiro atoms. The van der Waals surface area contributed by atoms with Gasteiger partial charge >= 0.3 is 0 Å². The summed E-state index contributed by atoms with van der Waals surface area (Å²) in [7, 11) is 1.63. The van der Waals surface area contributed by atoms with E-state index in [0.717, 1.165) is 41.8 Å². The number of hydrogen-bond acceptors (Lipinski definition) is 3. The molecule has 1 heterocycles. The molecule has 1 saturated heterocycles. The van der Waals surface area contributed by atoms with Crippen molar-refractivity contribution < 1.29 is 14.6 Å². The van der Waals surface area contributed by atoms with E-state index in [4.69, 9.17) is 9.47 Å². The van der Waals surface area contributed by atoms with Crippen LogP contribution in [0.25, 0.3) is 0 Å². The third-order valence-corrected chi connectivity index (χ3v) is 3.96. The number of methoxy groups -OCH3 is 1. The second-order valence-electron chi connectivity index (χ2n) is 4.28.